The third kappa shape index (κ3) is 4.47. The number of aromatic hydroxyl groups is 1. The predicted octanol–water partition coefficient (Wildman–Crippen LogP) is 4.35. The Bertz CT molecular complexity index is 1170. The molecule has 5 nitrogen and oxygen atoms in total. The molecule has 4 rings (SSSR count). The summed E-state index contributed by atoms with van der Waals surface area (Å²) in [5, 5.41) is 12.5. The maximum absolute atomic E-state index is 13.1. The van der Waals surface area contributed by atoms with Gasteiger partial charge in [-0.1, -0.05) is 63.2 Å². The first kappa shape index (κ1) is 21.8. The highest BCUT2D eigenvalue weighted by atomic mass is 32.2. The number of nitrogens with zero attached hydrogens (tertiary/aromatic N) is 2. The van der Waals surface area contributed by atoms with Crippen molar-refractivity contribution in [3.05, 3.63) is 71.8 Å². The number of hydrogen-bond donors (Lipinski definition) is 1. The molecule has 1 heterocycles. The molecule has 0 radical (unpaired) electrons. The minimum Gasteiger partial charge on any atom is -0.508 e. The maximum Gasteiger partial charge on any atom is 0.243 e. The second-order valence-corrected chi connectivity index (χ2v) is 11.2. The Kier molecular flexibility index (Phi) is 5.81. The maximum atomic E-state index is 13.1. The Labute approximate surface area is 185 Å². The fourth-order valence-electron chi connectivity index (χ4n) is 4.12. The van der Waals surface area contributed by atoms with E-state index in [4.69, 9.17) is 0 Å². The molecule has 1 N–H and O–H groups in total. The van der Waals surface area contributed by atoms with Gasteiger partial charge in [0, 0.05) is 38.3 Å². The van der Waals surface area contributed by atoms with Crippen LogP contribution in [0.2, 0.25) is 0 Å². The van der Waals surface area contributed by atoms with Gasteiger partial charge in [-0.25, -0.2) is 8.42 Å². The summed E-state index contributed by atoms with van der Waals surface area (Å²) in [5.74, 6) is 0.285. The van der Waals surface area contributed by atoms with Gasteiger partial charge >= 0.3 is 0 Å². The van der Waals surface area contributed by atoms with Gasteiger partial charge in [0.25, 0.3) is 0 Å². The lowest BCUT2D eigenvalue weighted by atomic mass is 9.87. The van der Waals surface area contributed by atoms with Crippen molar-refractivity contribution >= 4 is 20.8 Å². The van der Waals surface area contributed by atoms with Gasteiger partial charge in [0.15, 0.2) is 0 Å². The van der Waals surface area contributed by atoms with Gasteiger partial charge in [-0.05, 0) is 39.9 Å². The van der Waals surface area contributed by atoms with Gasteiger partial charge in [0.1, 0.15) is 5.75 Å². The molecule has 3 aromatic carbocycles. The minimum atomic E-state index is -3.51. The van der Waals surface area contributed by atoms with E-state index in [-0.39, 0.29) is 11.2 Å². The summed E-state index contributed by atoms with van der Waals surface area (Å²) in [7, 11) is -3.51. The molecule has 0 bridgehead atoms. The Morgan fingerprint density at radius 2 is 1.52 bits per heavy atom. The van der Waals surface area contributed by atoms with E-state index in [1.807, 2.05) is 42.5 Å². The van der Waals surface area contributed by atoms with Crippen LogP contribution in [0.4, 0.5) is 0 Å². The summed E-state index contributed by atoms with van der Waals surface area (Å²) in [6.07, 6.45) is 0. The summed E-state index contributed by atoms with van der Waals surface area (Å²) < 4.78 is 27.8. The van der Waals surface area contributed by atoms with Gasteiger partial charge in [-0.15, -0.1) is 0 Å². The molecule has 1 fully saturated rings. The van der Waals surface area contributed by atoms with E-state index in [0.717, 1.165) is 21.9 Å². The molecule has 0 amide bonds. The van der Waals surface area contributed by atoms with E-state index < -0.39 is 10.0 Å². The molecule has 0 atom stereocenters. The molecular weight excluding hydrogens is 408 g/mol. The zero-order valence-corrected chi connectivity index (χ0v) is 19.2. The molecular formula is C25H30N2O3S. The lowest BCUT2D eigenvalue weighted by Gasteiger charge is -2.34. The Morgan fingerprint density at radius 3 is 2.16 bits per heavy atom. The first-order chi connectivity index (χ1) is 14.7. The van der Waals surface area contributed by atoms with Gasteiger partial charge < -0.3 is 5.11 Å². The normalized spacial score (nSPS) is 16.6. The van der Waals surface area contributed by atoms with Gasteiger partial charge in [-0.2, -0.15) is 4.31 Å². The SMILES string of the molecule is CC(C)(C)c1ccc(S(=O)(=O)N2CCN(Cc3c(O)ccc4ccccc34)CC2)cc1. The number of sulfonamides is 1. The molecule has 1 aliphatic heterocycles. The van der Waals surface area contributed by atoms with Crippen molar-refractivity contribution in [3.8, 4) is 5.75 Å². The van der Waals surface area contributed by atoms with Crippen LogP contribution in [0.15, 0.2) is 65.6 Å². The first-order valence-corrected chi connectivity index (χ1v) is 12.1. The van der Waals surface area contributed by atoms with Crippen molar-refractivity contribution in [1.29, 1.82) is 0 Å². The first-order valence-electron chi connectivity index (χ1n) is 10.7. The number of piperazine rings is 1. The van der Waals surface area contributed by atoms with Crippen LogP contribution in [0.25, 0.3) is 10.8 Å². The zero-order chi connectivity index (χ0) is 22.2. The lowest BCUT2D eigenvalue weighted by Crippen LogP contribution is -2.48. The highest BCUT2D eigenvalue weighted by molar-refractivity contribution is 7.89. The molecule has 1 saturated heterocycles. The molecule has 0 unspecified atom stereocenters. The Morgan fingerprint density at radius 1 is 0.871 bits per heavy atom. The molecule has 0 aliphatic carbocycles. The van der Waals surface area contributed by atoms with E-state index in [0.29, 0.717) is 37.6 Å². The monoisotopic (exact) mass is 438 g/mol. The minimum absolute atomic E-state index is 0.0128. The molecule has 0 aromatic heterocycles. The van der Waals surface area contributed by atoms with Crippen LogP contribution >= 0.6 is 0 Å². The van der Waals surface area contributed by atoms with Gasteiger partial charge in [0.2, 0.25) is 10.0 Å². The fraction of sp³-hybridized carbons (Fsp3) is 0.360. The highest BCUT2D eigenvalue weighted by Crippen LogP contribution is 2.29. The molecule has 1 aliphatic rings. The molecule has 3 aromatic rings. The largest absolute Gasteiger partial charge is 0.508 e. The van der Waals surface area contributed by atoms with Crippen LogP contribution in [0.1, 0.15) is 31.9 Å². The predicted molar refractivity (Wildman–Crippen MR) is 125 cm³/mol. The Hall–Kier alpha value is -2.41. The molecule has 164 valence electrons. The number of hydrogen-bond acceptors (Lipinski definition) is 4. The lowest BCUT2D eigenvalue weighted by molar-refractivity contribution is 0.180. The van der Waals surface area contributed by atoms with Crippen molar-refractivity contribution in [1.82, 2.24) is 9.21 Å². The standard InChI is InChI=1S/C25H30N2O3S/c1-25(2,3)20-9-11-21(12-10-20)31(29,30)27-16-14-26(15-17-27)18-23-22-7-5-4-6-19(22)8-13-24(23)28/h4-13,28H,14-18H2,1-3H3. The highest BCUT2D eigenvalue weighted by Gasteiger charge is 2.29. The Balaban J connectivity index is 1.46. The van der Waals surface area contributed by atoms with Crippen LogP contribution < -0.4 is 0 Å². The summed E-state index contributed by atoms with van der Waals surface area (Å²) in [4.78, 5) is 2.55. The summed E-state index contributed by atoms with van der Waals surface area (Å²) in [6.45, 7) is 9.07. The summed E-state index contributed by atoms with van der Waals surface area (Å²) in [5.41, 5.74) is 2.00. The van der Waals surface area contributed by atoms with E-state index in [2.05, 4.69) is 25.7 Å². The number of phenols is 1. The zero-order valence-electron chi connectivity index (χ0n) is 18.4. The van der Waals surface area contributed by atoms with Crippen LogP contribution in [0.5, 0.6) is 5.75 Å². The fourth-order valence-corrected chi connectivity index (χ4v) is 5.54. The number of rotatable bonds is 4. The van der Waals surface area contributed by atoms with E-state index in [1.165, 1.54) is 0 Å². The quantitative estimate of drug-likeness (QED) is 0.658. The van der Waals surface area contributed by atoms with Gasteiger partial charge in [0.05, 0.1) is 4.90 Å². The van der Waals surface area contributed by atoms with Crippen molar-refractivity contribution in [2.75, 3.05) is 26.2 Å². The average Bonchev–Trinajstić information content (AvgIpc) is 2.75. The van der Waals surface area contributed by atoms with Crippen molar-refractivity contribution in [2.45, 2.75) is 37.6 Å². The number of fused-ring (bicyclic) bond motifs is 1. The average molecular weight is 439 g/mol. The van der Waals surface area contributed by atoms with E-state index >= 15 is 0 Å². The summed E-state index contributed by atoms with van der Waals surface area (Å²) in [6, 6.07) is 18.9. The van der Waals surface area contributed by atoms with Crippen molar-refractivity contribution in [3.63, 3.8) is 0 Å². The molecule has 0 saturated carbocycles. The number of benzene rings is 3. The van der Waals surface area contributed by atoms with Gasteiger partial charge in [-0.3, -0.25) is 4.90 Å². The van der Waals surface area contributed by atoms with Crippen LogP contribution in [0.3, 0.4) is 0 Å². The van der Waals surface area contributed by atoms with Crippen LogP contribution in [-0.2, 0) is 22.0 Å². The topological polar surface area (TPSA) is 60.9 Å². The van der Waals surface area contributed by atoms with Crippen LogP contribution in [-0.4, -0.2) is 48.9 Å². The van der Waals surface area contributed by atoms with E-state index in [9.17, 15) is 13.5 Å². The molecule has 0 spiro atoms. The van der Waals surface area contributed by atoms with Crippen molar-refractivity contribution < 1.29 is 13.5 Å². The van der Waals surface area contributed by atoms with Crippen LogP contribution in [0, 0.1) is 0 Å². The second kappa shape index (κ2) is 8.26. The molecule has 31 heavy (non-hydrogen) atoms. The number of phenolic OH excluding ortho intramolecular Hbond substituents is 1. The van der Waals surface area contributed by atoms with E-state index in [1.54, 1.807) is 22.5 Å². The molecule has 6 heteroatoms. The smallest absolute Gasteiger partial charge is 0.243 e. The summed E-state index contributed by atoms with van der Waals surface area (Å²) >= 11 is 0. The van der Waals surface area contributed by atoms with Crippen molar-refractivity contribution in [2.24, 2.45) is 0 Å². The third-order valence-electron chi connectivity index (χ3n) is 6.09. The second-order valence-electron chi connectivity index (χ2n) is 9.24. The third-order valence-corrected chi connectivity index (χ3v) is 8.00.